The molecular formula is C59H67N7O4S2. The minimum atomic E-state index is -1.24. The molecular weight excluding hydrogens is 935 g/mol. The number of thiophene rings is 2. The summed E-state index contributed by atoms with van der Waals surface area (Å²) in [6, 6.07) is 16.1. The van der Waals surface area contributed by atoms with Crippen molar-refractivity contribution in [3.63, 3.8) is 0 Å². The fraction of sp³-hybridized carbons (Fsp3) is 0.475. The molecule has 0 amide bonds. The Bertz CT molecular complexity index is 3070. The van der Waals surface area contributed by atoms with E-state index in [4.69, 9.17) is 5.73 Å². The van der Waals surface area contributed by atoms with Crippen LogP contribution in [0, 0.1) is 70.0 Å². The number of anilines is 1. The molecule has 3 fully saturated rings. The first kappa shape index (κ1) is 48.6. The Hall–Kier alpha value is -5.67. The number of guanidine groups is 1. The first-order valence-corrected chi connectivity index (χ1v) is 27.5. The number of Topliss-reactive ketones (excluding diaryl/α,β-unsaturated/α-hetero) is 1. The van der Waals surface area contributed by atoms with E-state index in [0.29, 0.717) is 37.2 Å². The number of H-pyrrole nitrogens is 1. The van der Waals surface area contributed by atoms with Gasteiger partial charge in [0.05, 0.1) is 39.0 Å². The van der Waals surface area contributed by atoms with Crippen molar-refractivity contribution >= 4 is 46.2 Å². The van der Waals surface area contributed by atoms with E-state index in [2.05, 4.69) is 97.1 Å². The van der Waals surface area contributed by atoms with Crippen LogP contribution in [0.1, 0.15) is 112 Å². The summed E-state index contributed by atoms with van der Waals surface area (Å²) in [6.07, 6.45) is 15.5. The van der Waals surface area contributed by atoms with E-state index in [0.717, 1.165) is 105 Å². The summed E-state index contributed by atoms with van der Waals surface area (Å²) < 4.78 is 0. The molecule has 9 bridgehead atoms. The van der Waals surface area contributed by atoms with Gasteiger partial charge < -0.3 is 42.0 Å². The Balaban J connectivity index is 1.13. The van der Waals surface area contributed by atoms with Gasteiger partial charge in [0.15, 0.2) is 11.7 Å². The Morgan fingerprint density at radius 3 is 2.69 bits per heavy atom. The van der Waals surface area contributed by atoms with Crippen LogP contribution in [0.25, 0.3) is 15.8 Å². The Morgan fingerprint density at radius 1 is 1.07 bits per heavy atom. The third-order valence-electron chi connectivity index (χ3n) is 18.1. The smallest absolute Gasteiger partial charge is 0.188 e. The highest BCUT2D eigenvalue weighted by Gasteiger charge is 2.66. The number of aliphatic hydroxyl groups excluding tert-OH is 1. The van der Waals surface area contributed by atoms with Crippen molar-refractivity contribution in [2.24, 2.45) is 57.1 Å². The second-order valence-electron chi connectivity index (χ2n) is 22.1. The molecule has 4 aliphatic carbocycles. The van der Waals surface area contributed by atoms with Gasteiger partial charge >= 0.3 is 0 Å². The number of nitrogens with zero attached hydrogens (tertiary/aromatic N) is 2. The number of aromatic hydroxyl groups is 1. The minimum absolute atomic E-state index is 0.00166. The zero-order valence-corrected chi connectivity index (χ0v) is 43.4. The molecule has 5 heterocycles. The molecule has 6 aliphatic rings. The molecule has 374 valence electrons. The number of fused-ring (bicyclic) bond motifs is 8. The van der Waals surface area contributed by atoms with Crippen LogP contribution < -0.4 is 21.7 Å². The first-order chi connectivity index (χ1) is 34.8. The van der Waals surface area contributed by atoms with E-state index < -0.39 is 17.1 Å². The fourth-order valence-electron chi connectivity index (χ4n) is 14.9. The van der Waals surface area contributed by atoms with E-state index in [1.165, 1.54) is 5.56 Å². The minimum Gasteiger partial charge on any atom is -0.507 e. The summed E-state index contributed by atoms with van der Waals surface area (Å²) in [5.41, 5.74) is 12.2. The van der Waals surface area contributed by atoms with Crippen LogP contribution >= 0.6 is 22.7 Å². The average Bonchev–Trinajstić information content (AvgIpc) is 4.24. The summed E-state index contributed by atoms with van der Waals surface area (Å²) in [5, 5.41) is 47.4. The van der Waals surface area contributed by atoms with Crippen molar-refractivity contribution in [3.8, 4) is 39.2 Å². The lowest BCUT2D eigenvalue weighted by Gasteiger charge is -2.48. The number of rotatable bonds is 9. The van der Waals surface area contributed by atoms with Gasteiger partial charge in [0.25, 0.3) is 0 Å². The largest absolute Gasteiger partial charge is 0.507 e. The van der Waals surface area contributed by atoms with Crippen molar-refractivity contribution in [2.45, 2.75) is 102 Å². The number of carbonyl (C=O) groups is 1. The van der Waals surface area contributed by atoms with Crippen LogP contribution in [0.4, 0.5) is 5.69 Å². The van der Waals surface area contributed by atoms with Crippen LogP contribution in [0.15, 0.2) is 72.1 Å². The third kappa shape index (κ3) is 8.59. The number of aromatic amines is 1. The van der Waals surface area contributed by atoms with Gasteiger partial charge in [0, 0.05) is 71.6 Å². The molecule has 72 heavy (non-hydrogen) atoms. The second kappa shape index (κ2) is 19.3. The number of benzene rings is 2. The Labute approximate surface area is 431 Å². The molecule has 2 spiro atoms. The van der Waals surface area contributed by atoms with Crippen molar-refractivity contribution in [2.75, 3.05) is 32.6 Å². The van der Waals surface area contributed by atoms with E-state index in [1.807, 2.05) is 45.3 Å². The predicted molar refractivity (Wildman–Crippen MR) is 289 cm³/mol. The number of nitrogens with one attached hydrogen (secondary N) is 4. The van der Waals surface area contributed by atoms with Crippen LogP contribution in [-0.4, -0.2) is 82.0 Å². The summed E-state index contributed by atoms with van der Waals surface area (Å²) in [5.74, 6) is 14.8. The number of aromatic nitrogens is 2. The number of ketones is 1. The molecule has 13 heteroatoms. The van der Waals surface area contributed by atoms with Gasteiger partial charge in [-0.15, -0.1) is 28.6 Å². The maximum atomic E-state index is 15.8. The highest BCUT2D eigenvalue weighted by atomic mass is 32.1. The van der Waals surface area contributed by atoms with E-state index in [1.54, 1.807) is 36.0 Å². The Kier molecular flexibility index (Phi) is 13.0. The molecule has 9 N–H and O–H groups in total. The number of phenolic OH excluding ortho intramolecular Hbond substituents is 1. The molecule has 3 saturated carbocycles. The molecule has 2 aromatic carbocycles. The standard InChI is InChI=1S/C59H67N7O4S2/c1-5-7-41-12-16-50(71-41)51-17-18-52(72-51)55(69)45-15-11-37-27-58(45)28-46(59(32-58)21-20-38(29-61-3)47(59)31-67)35-10-13-42-39(23-48(37)65-56(60)62-4)24-49(68)43-14-19-53(66-54(42)43)57(2,70)26-36-9-6-8-34(22-35)44(36)25-40-30-63-33-64-40/h6,8-9,12,14,16-19,24,30,33,35,37-38,45-48,53,61,66-68,70H,11,15,20-23,25-29,31-32H2,1-4H3,(H,63,64)(H3,60,62,65)/t35-,37+,38+,45+,46+,47-,48-,53+,57-,58-,59-/m1/s1. The van der Waals surface area contributed by atoms with Gasteiger partial charge in [-0.2, -0.15) is 0 Å². The molecule has 11 nitrogen and oxygen atoms in total. The normalized spacial score (nSPS) is 31.2. The van der Waals surface area contributed by atoms with Gasteiger partial charge in [0.1, 0.15) is 5.75 Å². The van der Waals surface area contributed by atoms with E-state index in [9.17, 15) is 15.3 Å². The molecule has 0 saturated heterocycles. The zero-order chi connectivity index (χ0) is 49.9. The SMILES string of the molecule is CC#Cc1ccc(-c2ccc(C(=O)[C@@H]3CC[C@H]4C[C@]35C[C@@H]([C@@H]3C#Cc6c(cc(O)c7c6N[C@@H](C=C7)[C@](C)(O)Cc6cccc(c6Cc6cnc[nH]6)C3)C[C@H]4NC(N)=NC)[C@@]3(CC[C@@H](CNC)[C@H]3CO)C5)s2)s1. The molecule has 11 rings (SSSR count). The predicted octanol–water partition coefficient (Wildman–Crippen LogP) is 8.57. The van der Waals surface area contributed by atoms with Gasteiger partial charge in [-0.1, -0.05) is 48.1 Å². The lowest BCUT2D eigenvalue weighted by molar-refractivity contribution is 0.0159. The number of carbonyl (C=O) groups excluding carboxylic acids is 1. The summed E-state index contributed by atoms with van der Waals surface area (Å²) >= 11 is 3.26. The van der Waals surface area contributed by atoms with Crippen molar-refractivity contribution in [1.29, 1.82) is 0 Å². The highest BCUT2D eigenvalue weighted by Crippen LogP contribution is 2.71. The van der Waals surface area contributed by atoms with Crippen molar-refractivity contribution in [1.82, 2.24) is 20.6 Å². The highest BCUT2D eigenvalue weighted by molar-refractivity contribution is 7.23. The van der Waals surface area contributed by atoms with Crippen LogP contribution in [0.3, 0.4) is 0 Å². The lowest BCUT2D eigenvalue weighted by atomic mass is 9.57. The van der Waals surface area contributed by atoms with Crippen LogP contribution in [0.2, 0.25) is 0 Å². The van der Waals surface area contributed by atoms with Gasteiger partial charge in [-0.25, -0.2) is 4.98 Å². The quantitative estimate of drug-likeness (QED) is 0.0311. The van der Waals surface area contributed by atoms with Crippen LogP contribution in [-0.2, 0) is 25.7 Å². The molecule has 5 aromatic rings. The maximum absolute atomic E-state index is 15.8. The fourth-order valence-corrected chi connectivity index (χ4v) is 16.9. The van der Waals surface area contributed by atoms with E-state index >= 15 is 4.79 Å². The number of hydrogen-bond acceptors (Lipinski definition) is 10. The summed E-state index contributed by atoms with van der Waals surface area (Å²) in [4.78, 5) is 32.0. The number of aliphatic imine (C=N–C) groups is 1. The molecule has 2 aliphatic heterocycles. The van der Waals surface area contributed by atoms with Gasteiger partial charge in [-0.05, 0) is 172 Å². The third-order valence-corrected chi connectivity index (χ3v) is 20.4. The lowest BCUT2D eigenvalue weighted by Crippen LogP contribution is -2.50. The first-order valence-electron chi connectivity index (χ1n) is 25.9. The average molecular weight is 1000 g/mol. The number of phenols is 1. The zero-order valence-electron chi connectivity index (χ0n) is 41.8. The number of nitrogens with two attached hydrogens (primary N) is 1. The Morgan fingerprint density at radius 2 is 1.90 bits per heavy atom. The topological polar surface area (TPSA) is 181 Å². The van der Waals surface area contributed by atoms with Crippen LogP contribution in [0.5, 0.6) is 5.75 Å². The summed E-state index contributed by atoms with van der Waals surface area (Å²) in [7, 11) is 3.72. The molecule has 11 atom stereocenters. The molecule has 0 unspecified atom stereocenters. The van der Waals surface area contributed by atoms with Crippen molar-refractivity contribution < 1.29 is 20.1 Å². The summed E-state index contributed by atoms with van der Waals surface area (Å²) in [6.45, 7) is 4.62. The maximum Gasteiger partial charge on any atom is 0.188 e. The van der Waals surface area contributed by atoms with Gasteiger partial charge in [0.2, 0.25) is 0 Å². The number of hydrogen-bond donors (Lipinski definition) is 8. The molecule has 0 radical (unpaired) electrons. The number of aliphatic hydroxyl groups is 2. The molecule has 3 aromatic heterocycles. The monoisotopic (exact) mass is 1000 g/mol. The second-order valence-corrected chi connectivity index (χ2v) is 24.2. The number of imidazole rings is 1. The van der Waals surface area contributed by atoms with Gasteiger partial charge in [-0.3, -0.25) is 9.79 Å². The van der Waals surface area contributed by atoms with Crippen molar-refractivity contribution in [3.05, 3.63) is 116 Å². The van der Waals surface area contributed by atoms with E-state index in [-0.39, 0.29) is 65.1 Å².